The molecule has 138 heavy (non-hydrogen) atoms. The van der Waals surface area contributed by atoms with Crippen molar-refractivity contribution in [3.8, 4) is 68.8 Å². The zero-order valence-electron chi connectivity index (χ0n) is 82.7. The van der Waals surface area contributed by atoms with Crippen molar-refractivity contribution in [1.82, 2.24) is 29.2 Å². The molecule has 0 radical (unpaired) electrons. The number of esters is 2. The summed E-state index contributed by atoms with van der Waals surface area (Å²) in [5.41, 5.74) is -4.92. The lowest BCUT2D eigenvalue weighted by atomic mass is 9.82. The van der Waals surface area contributed by atoms with Gasteiger partial charge in [0, 0.05) is 72.2 Å². The van der Waals surface area contributed by atoms with Gasteiger partial charge in [-0.1, -0.05) is 52.0 Å². The fraction of sp³-hybridized carbons (Fsp3) is 0.596. The van der Waals surface area contributed by atoms with Crippen LogP contribution in [-0.2, 0) is 67.9 Å². The summed E-state index contributed by atoms with van der Waals surface area (Å²) in [7, 11) is -1.95. The summed E-state index contributed by atoms with van der Waals surface area (Å²) in [5, 5.41) is 2.31. The van der Waals surface area contributed by atoms with Crippen molar-refractivity contribution in [2.45, 2.75) is 295 Å². The fourth-order valence-corrected chi connectivity index (χ4v) is 22.0. The number of halogens is 4. The minimum Gasteiger partial charge on any atom is -0.497 e. The number of sulfonamides is 2. The van der Waals surface area contributed by atoms with Crippen LogP contribution in [0.3, 0.4) is 0 Å². The molecule has 2 aromatic heterocycles. The number of nitrogens with zero attached hydrogens (tertiary/aromatic N) is 4. The van der Waals surface area contributed by atoms with Gasteiger partial charge in [-0.3, -0.25) is 47.8 Å². The minimum absolute atomic E-state index is 0.0435. The number of amides is 4. The number of hydrogen-bond donors (Lipinski definition) is 2. The van der Waals surface area contributed by atoms with Crippen LogP contribution in [-0.4, -0.2) is 194 Å². The second-order valence-corrected chi connectivity index (χ2v) is 46.2. The molecule has 4 aliphatic carbocycles. The monoisotopic (exact) mass is 1960 g/mol. The van der Waals surface area contributed by atoms with Crippen LogP contribution in [0, 0.1) is 58.2 Å². The molecular weight excluding hydrogens is 1830 g/mol. The van der Waals surface area contributed by atoms with E-state index in [0.717, 1.165) is 27.7 Å². The number of ketones is 2. The molecule has 0 spiro atoms. The molecule has 4 aliphatic heterocycles. The molecular formula is C104H134F4N6O22S2. The number of pyridine rings is 2. The number of Topliss-reactive ketones (excluding diaryl/α,β-unsaturated/α-hetero) is 2. The van der Waals surface area contributed by atoms with Gasteiger partial charge in [0.05, 0.1) is 111 Å². The van der Waals surface area contributed by atoms with Gasteiger partial charge in [-0.25, -0.2) is 44.4 Å². The van der Waals surface area contributed by atoms with Gasteiger partial charge < -0.3 is 57.2 Å². The smallest absolute Gasteiger partial charge is 0.307 e. The highest BCUT2D eigenvalue weighted by atomic mass is 32.2. The van der Waals surface area contributed by atoms with Crippen molar-refractivity contribution in [2.24, 2.45) is 58.2 Å². The minimum atomic E-state index is -4.05. The largest absolute Gasteiger partial charge is 0.497 e. The highest BCUT2D eigenvalue weighted by molar-refractivity contribution is 7.92. The van der Waals surface area contributed by atoms with Crippen LogP contribution in [0.2, 0.25) is 0 Å². The van der Waals surface area contributed by atoms with Crippen LogP contribution in [0.1, 0.15) is 226 Å². The number of fused-ring (bicyclic) bond motifs is 6. The Morgan fingerprint density at radius 1 is 0.486 bits per heavy atom. The average Bonchev–Trinajstić information content (AvgIpc) is 1.50. The molecule has 2 N–H and O–H groups in total. The SMILES string of the molecule is COc1ccc2c(O[C@@H]3C[C@H]4C(=O)C[C@]5(C(=O)NS(=O)(=O)C6(C)CC6)C[C@H]5/C=C\CC[C@@H](C)C[C@@H](C)[C@H](CC(=O)OC(C)(C)C(C)(F)F)C(=O)N4C3)nc(-c3ccc(OC(C)C)cc3)c(OC)c2c1.COc1ccc2c(O[C@@H]3C[C@H]4C(=O)C[C@]5(C(=O)NS(=O)(=O)C6(C)CC6)C[C@H]5/C=C\CC[C@H](C)C[C@@H](C)[C@H](CC(=O)OC(C)(C)C(C)(F)F)C(=O)N4C3)nc(-c3ccc(OC(C)C)cc3)c(OC)c2c1. The maximum absolute atomic E-state index is 15.3. The van der Waals surface area contributed by atoms with Crippen molar-refractivity contribution in [3.63, 3.8) is 0 Å². The number of ether oxygens (including phenoxy) is 10. The summed E-state index contributed by atoms with van der Waals surface area (Å²) in [6.07, 6.45) is 9.61. The zero-order chi connectivity index (χ0) is 101. The number of alkyl halides is 4. The maximum Gasteiger partial charge on any atom is 0.307 e. The fourth-order valence-electron chi connectivity index (χ4n) is 19.3. The summed E-state index contributed by atoms with van der Waals surface area (Å²) >= 11 is 0. The van der Waals surface area contributed by atoms with Crippen LogP contribution in [0.4, 0.5) is 17.6 Å². The van der Waals surface area contributed by atoms with Gasteiger partial charge >= 0.3 is 11.9 Å². The Morgan fingerprint density at radius 2 is 0.826 bits per heavy atom. The molecule has 6 fully saturated rings. The summed E-state index contributed by atoms with van der Waals surface area (Å²) < 4.78 is 174. The van der Waals surface area contributed by atoms with Crippen LogP contribution in [0.5, 0.6) is 46.3 Å². The first kappa shape index (κ1) is 105. The van der Waals surface area contributed by atoms with E-state index >= 15 is 19.2 Å². The second kappa shape index (κ2) is 40.5. The molecule has 14 atom stereocenters. The highest BCUT2D eigenvalue weighted by Crippen LogP contribution is 2.60. The molecule has 6 heterocycles. The first-order valence-electron chi connectivity index (χ1n) is 47.9. The number of carbonyl (C=O) groups is 8. The summed E-state index contributed by atoms with van der Waals surface area (Å²) in [5.74, 6) is -12.7. The van der Waals surface area contributed by atoms with Gasteiger partial charge in [0.25, 0.3) is 11.8 Å². The van der Waals surface area contributed by atoms with E-state index in [4.69, 9.17) is 57.3 Å². The summed E-state index contributed by atoms with van der Waals surface area (Å²) in [6.45, 7) is 24.1. The van der Waals surface area contributed by atoms with Crippen LogP contribution in [0.15, 0.2) is 109 Å². The molecule has 34 heteroatoms. The van der Waals surface area contributed by atoms with Gasteiger partial charge in [0.1, 0.15) is 46.6 Å². The number of carbonyl (C=O) groups excluding carboxylic acids is 8. The van der Waals surface area contributed by atoms with Gasteiger partial charge in [0.15, 0.2) is 34.3 Å². The van der Waals surface area contributed by atoms with E-state index in [1.807, 2.05) is 128 Å². The number of rotatable bonds is 28. The molecule has 4 aromatic carbocycles. The van der Waals surface area contributed by atoms with Crippen molar-refractivity contribution >= 4 is 88.7 Å². The number of aromatic nitrogens is 2. The number of methoxy groups -OCH3 is 4. The third-order valence-corrected chi connectivity index (χ3v) is 33.8. The molecule has 2 saturated heterocycles. The Labute approximate surface area is 806 Å². The van der Waals surface area contributed by atoms with Crippen molar-refractivity contribution in [1.29, 1.82) is 0 Å². The lowest BCUT2D eigenvalue weighted by Crippen LogP contribution is -2.49. The maximum atomic E-state index is 15.3. The Hall–Kier alpha value is -10.6. The van der Waals surface area contributed by atoms with E-state index in [2.05, 4.69) is 9.44 Å². The molecule has 6 aromatic rings. The third kappa shape index (κ3) is 22.8. The summed E-state index contributed by atoms with van der Waals surface area (Å²) in [6, 6.07) is 23.0. The van der Waals surface area contributed by atoms with E-state index in [0.29, 0.717) is 157 Å². The first-order chi connectivity index (χ1) is 64.6. The number of allylic oxidation sites excluding steroid dienone is 4. The normalized spacial score (nSPS) is 26.8. The second-order valence-electron chi connectivity index (χ2n) is 41.8. The number of benzene rings is 4. The molecule has 14 rings (SSSR count). The quantitative estimate of drug-likeness (QED) is 0.0262. The lowest BCUT2D eigenvalue weighted by Gasteiger charge is -2.34. The molecule has 28 nitrogen and oxygen atoms in total. The Bertz CT molecular complexity index is 5540. The molecule has 8 aliphatic rings. The predicted octanol–water partition coefficient (Wildman–Crippen LogP) is 18.0. The van der Waals surface area contributed by atoms with E-state index in [-0.39, 0.29) is 87.4 Å². The van der Waals surface area contributed by atoms with E-state index in [9.17, 15) is 53.6 Å². The Kier molecular flexibility index (Phi) is 30.7. The topological polar surface area (TPSA) is 353 Å². The highest BCUT2D eigenvalue weighted by Gasteiger charge is 2.65. The number of nitrogens with one attached hydrogen (secondary N) is 2. The predicted molar refractivity (Wildman–Crippen MR) is 511 cm³/mol. The lowest BCUT2D eigenvalue weighted by molar-refractivity contribution is -0.197. The molecule has 4 amide bonds. The molecule has 752 valence electrons. The van der Waals surface area contributed by atoms with Gasteiger partial charge in [0.2, 0.25) is 55.4 Å². The van der Waals surface area contributed by atoms with Crippen LogP contribution >= 0.6 is 0 Å². The van der Waals surface area contributed by atoms with Crippen molar-refractivity contribution in [3.05, 3.63) is 109 Å². The van der Waals surface area contributed by atoms with Crippen molar-refractivity contribution in [2.75, 3.05) is 41.5 Å². The van der Waals surface area contributed by atoms with E-state index in [1.165, 1.54) is 24.0 Å². The third-order valence-electron chi connectivity index (χ3n) is 29.4. The van der Waals surface area contributed by atoms with Gasteiger partial charge in [-0.05, 0) is 267 Å². The summed E-state index contributed by atoms with van der Waals surface area (Å²) in [4.78, 5) is 129. The van der Waals surface area contributed by atoms with Crippen molar-refractivity contribution < 1.29 is 120 Å². The van der Waals surface area contributed by atoms with Crippen LogP contribution < -0.4 is 47.3 Å². The first-order valence-corrected chi connectivity index (χ1v) is 50.9. The Balaban J connectivity index is 0.000000233. The average molecular weight is 1960 g/mol. The standard InChI is InChI=1S/2C52H67F2N3O11S/c2*1-30(2)66-35-17-15-33(16-18-35)44-45(65-10)40-24-36(64-9)19-20-38(40)46(55-44)67-37-25-41-42(58)28-52(48(61)56-69(62,63)50(7)21-22-50)27-34(52)14-12-11-13-31(3)23-32(4)39(47(60)57(41)29-37)26-43(59)68-49(5,6)51(8,53)54/h2*12,14-20,24,30-32,34,37,39,41H,11,13,21-23,25-29H2,1-10H3,(H,56,61)/b2*14-12-/t31-,32+,34+,37+,39-,41-,52+;31-,32-,34-,37-,39+,41+,52-/m01/s1. The van der Waals surface area contributed by atoms with Gasteiger partial charge in [-0.15, -0.1) is 0 Å². The zero-order valence-corrected chi connectivity index (χ0v) is 84.3. The Morgan fingerprint density at radius 3 is 1.14 bits per heavy atom. The van der Waals surface area contributed by atoms with Crippen LogP contribution in [0.25, 0.3) is 44.1 Å². The molecule has 0 unspecified atom stereocenters. The van der Waals surface area contributed by atoms with Gasteiger partial charge in [-0.2, -0.15) is 0 Å². The van der Waals surface area contributed by atoms with E-state index < -0.39 is 183 Å². The molecule has 0 bridgehead atoms. The molecule has 4 saturated carbocycles. The number of hydrogen-bond acceptors (Lipinski definition) is 24. The van der Waals surface area contributed by atoms with E-state index in [1.54, 1.807) is 64.5 Å².